The van der Waals surface area contributed by atoms with Crippen LogP contribution in [0.15, 0.2) is 18.2 Å². The second-order valence-corrected chi connectivity index (χ2v) is 4.49. The molecule has 0 bridgehead atoms. The van der Waals surface area contributed by atoms with Gasteiger partial charge in [-0.05, 0) is 37.5 Å². The first kappa shape index (κ1) is 13.8. The zero-order valence-corrected chi connectivity index (χ0v) is 11.0. The van der Waals surface area contributed by atoms with Crippen molar-refractivity contribution in [1.29, 1.82) is 0 Å². The highest BCUT2D eigenvalue weighted by Gasteiger charge is 2.31. The number of benzene rings is 1. The number of carbonyl (C=O) groups excluding carboxylic acids is 1. The van der Waals surface area contributed by atoms with Crippen LogP contribution in [0.1, 0.15) is 29.6 Å². The SMILES string of the molecule is COc1ccc(F)cc1C(=O)OC1CCCC1OC. The third-order valence-corrected chi connectivity index (χ3v) is 3.33. The Bertz CT molecular complexity index is 461. The Kier molecular flexibility index (Phi) is 4.37. The van der Waals surface area contributed by atoms with Crippen LogP contribution in [0.2, 0.25) is 0 Å². The van der Waals surface area contributed by atoms with Crippen LogP contribution in [-0.2, 0) is 9.47 Å². The maximum Gasteiger partial charge on any atom is 0.342 e. The van der Waals surface area contributed by atoms with E-state index in [1.165, 1.54) is 19.2 Å². The largest absolute Gasteiger partial charge is 0.496 e. The van der Waals surface area contributed by atoms with Crippen molar-refractivity contribution >= 4 is 5.97 Å². The summed E-state index contributed by atoms with van der Waals surface area (Å²) in [4.78, 5) is 12.1. The Labute approximate surface area is 111 Å². The van der Waals surface area contributed by atoms with Gasteiger partial charge >= 0.3 is 5.97 Å². The molecule has 19 heavy (non-hydrogen) atoms. The Hall–Kier alpha value is -1.62. The molecule has 0 N–H and O–H groups in total. The van der Waals surface area contributed by atoms with Crippen LogP contribution >= 0.6 is 0 Å². The van der Waals surface area contributed by atoms with Gasteiger partial charge in [-0.2, -0.15) is 0 Å². The molecule has 0 amide bonds. The highest BCUT2D eigenvalue weighted by molar-refractivity contribution is 5.92. The van der Waals surface area contributed by atoms with E-state index in [0.29, 0.717) is 5.75 Å². The fourth-order valence-electron chi connectivity index (χ4n) is 2.34. The molecule has 1 saturated carbocycles. The second-order valence-electron chi connectivity index (χ2n) is 4.49. The van der Waals surface area contributed by atoms with Crippen LogP contribution in [-0.4, -0.2) is 32.4 Å². The van der Waals surface area contributed by atoms with E-state index in [1.54, 1.807) is 7.11 Å². The van der Waals surface area contributed by atoms with E-state index in [2.05, 4.69) is 0 Å². The fraction of sp³-hybridized carbons (Fsp3) is 0.500. The van der Waals surface area contributed by atoms with Gasteiger partial charge in [-0.15, -0.1) is 0 Å². The lowest BCUT2D eigenvalue weighted by atomic mass is 10.2. The van der Waals surface area contributed by atoms with Crippen LogP contribution in [0.3, 0.4) is 0 Å². The third-order valence-electron chi connectivity index (χ3n) is 3.33. The highest BCUT2D eigenvalue weighted by atomic mass is 19.1. The number of esters is 1. The van der Waals surface area contributed by atoms with Crippen LogP contribution in [0.4, 0.5) is 4.39 Å². The first-order valence-corrected chi connectivity index (χ1v) is 6.23. The van der Waals surface area contributed by atoms with Crippen molar-refractivity contribution < 1.29 is 23.4 Å². The summed E-state index contributed by atoms with van der Waals surface area (Å²) >= 11 is 0. The predicted octanol–water partition coefficient (Wildman–Crippen LogP) is 2.56. The molecule has 1 aliphatic rings. The van der Waals surface area contributed by atoms with Crippen molar-refractivity contribution in [3.8, 4) is 5.75 Å². The molecule has 0 radical (unpaired) electrons. The second kappa shape index (κ2) is 6.02. The third kappa shape index (κ3) is 3.04. The van der Waals surface area contributed by atoms with Crippen molar-refractivity contribution in [2.75, 3.05) is 14.2 Å². The number of rotatable bonds is 4. The summed E-state index contributed by atoms with van der Waals surface area (Å²) in [7, 11) is 3.02. The van der Waals surface area contributed by atoms with Crippen molar-refractivity contribution in [2.45, 2.75) is 31.5 Å². The monoisotopic (exact) mass is 268 g/mol. The molecular formula is C14H17FO4. The van der Waals surface area contributed by atoms with Crippen LogP contribution in [0.25, 0.3) is 0 Å². The van der Waals surface area contributed by atoms with E-state index in [9.17, 15) is 9.18 Å². The van der Waals surface area contributed by atoms with E-state index >= 15 is 0 Å². The summed E-state index contributed by atoms with van der Waals surface area (Å²) in [5.41, 5.74) is 0.101. The maximum absolute atomic E-state index is 13.2. The molecule has 0 heterocycles. The quantitative estimate of drug-likeness (QED) is 0.787. The van der Waals surface area contributed by atoms with Gasteiger partial charge in [-0.25, -0.2) is 9.18 Å². The van der Waals surface area contributed by atoms with E-state index in [1.807, 2.05) is 0 Å². The molecule has 1 aromatic rings. The summed E-state index contributed by atoms with van der Waals surface area (Å²) in [6, 6.07) is 3.77. The van der Waals surface area contributed by atoms with Crippen molar-refractivity contribution in [2.24, 2.45) is 0 Å². The number of methoxy groups -OCH3 is 2. The number of hydrogen-bond acceptors (Lipinski definition) is 4. The fourth-order valence-corrected chi connectivity index (χ4v) is 2.34. The molecule has 2 atom stereocenters. The highest BCUT2D eigenvalue weighted by Crippen LogP contribution is 2.27. The van der Waals surface area contributed by atoms with Gasteiger partial charge in [0.15, 0.2) is 0 Å². The minimum absolute atomic E-state index is 0.0801. The van der Waals surface area contributed by atoms with Gasteiger partial charge in [0.05, 0.1) is 13.2 Å². The molecule has 0 aromatic heterocycles. The zero-order valence-electron chi connectivity index (χ0n) is 11.0. The smallest absolute Gasteiger partial charge is 0.342 e. The minimum atomic E-state index is -0.578. The number of ether oxygens (including phenoxy) is 3. The topological polar surface area (TPSA) is 44.8 Å². The average molecular weight is 268 g/mol. The molecule has 2 rings (SSSR count). The first-order valence-electron chi connectivity index (χ1n) is 6.23. The molecule has 0 aliphatic heterocycles. The van der Waals surface area contributed by atoms with Gasteiger partial charge in [0.2, 0.25) is 0 Å². The normalized spacial score (nSPS) is 22.3. The van der Waals surface area contributed by atoms with E-state index in [0.717, 1.165) is 25.3 Å². The van der Waals surface area contributed by atoms with Crippen LogP contribution in [0, 0.1) is 5.82 Å². The molecular weight excluding hydrogens is 251 g/mol. The zero-order chi connectivity index (χ0) is 13.8. The lowest BCUT2D eigenvalue weighted by Crippen LogP contribution is -2.27. The molecule has 2 unspecified atom stereocenters. The van der Waals surface area contributed by atoms with Gasteiger partial charge in [-0.3, -0.25) is 0 Å². The van der Waals surface area contributed by atoms with Gasteiger partial charge in [0, 0.05) is 7.11 Å². The minimum Gasteiger partial charge on any atom is -0.496 e. The molecule has 5 heteroatoms. The Morgan fingerprint density at radius 2 is 2.00 bits per heavy atom. The summed E-state index contributed by atoms with van der Waals surface area (Å²) in [5.74, 6) is -0.772. The molecule has 1 aliphatic carbocycles. The summed E-state index contributed by atoms with van der Waals surface area (Å²) in [6.07, 6.45) is 2.24. The number of halogens is 1. The molecule has 0 spiro atoms. The number of hydrogen-bond donors (Lipinski definition) is 0. The molecule has 1 fully saturated rings. The van der Waals surface area contributed by atoms with Crippen molar-refractivity contribution in [1.82, 2.24) is 0 Å². The van der Waals surface area contributed by atoms with E-state index < -0.39 is 11.8 Å². The van der Waals surface area contributed by atoms with E-state index in [-0.39, 0.29) is 17.8 Å². The van der Waals surface area contributed by atoms with E-state index in [4.69, 9.17) is 14.2 Å². The molecule has 1 aromatic carbocycles. The van der Waals surface area contributed by atoms with Gasteiger partial charge in [0.25, 0.3) is 0 Å². The average Bonchev–Trinajstić information content (AvgIpc) is 2.85. The lowest BCUT2D eigenvalue weighted by Gasteiger charge is -2.19. The summed E-state index contributed by atoms with van der Waals surface area (Å²) < 4.78 is 28.9. The van der Waals surface area contributed by atoms with Gasteiger partial charge in [-0.1, -0.05) is 0 Å². The van der Waals surface area contributed by atoms with Crippen LogP contribution < -0.4 is 4.74 Å². The molecule has 4 nitrogen and oxygen atoms in total. The first-order chi connectivity index (χ1) is 9.15. The molecule has 0 saturated heterocycles. The predicted molar refractivity (Wildman–Crippen MR) is 66.8 cm³/mol. The molecule has 104 valence electrons. The Morgan fingerprint density at radius 3 is 2.68 bits per heavy atom. The van der Waals surface area contributed by atoms with Crippen molar-refractivity contribution in [3.63, 3.8) is 0 Å². The van der Waals surface area contributed by atoms with Gasteiger partial charge in [0.1, 0.15) is 23.2 Å². The Balaban J connectivity index is 2.13. The maximum atomic E-state index is 13.2. The van der Waals surface area contributed by atoms with Crippen molar-refractivity contribution in [3.05, 3.63) is 29.6 Å². The summed E-state index contributed by atoms with van der Waals surface area (Å²) in [6.45, 7) is 0. The van der Waals surface area contributed by atoms with Crippen LogP contribution in [0.5, 0.6) is 5.75 Å². The van der Waals surface area contributed by atoms with Gasteiger partial charge < -0.3 is 14.2 Å². The Morgan fingerprint density at radius 1 is 1.26 bits per heavy atom. The standard InChI is InChI=1S/C14H17FO4/c1-17-11-7-6-9(15)8-10(11)14(16)19-13-5-3-4-12(13)18-2/h6-8,12-13H,3-5H2,1-2H3. The summed E-state index contributed by atoms with van der Waals surface area (Å²) in [5, 5.41) is 0. The number of carbonyl (C=O) groups is 1. The lowest BCUT2D eigenvalue weighted by molar-refractivity contribution is -0.0208.